The SMILES string of the molecule is CCOCCC(=O)OC1CN(C)C(=O)N1c1nnc(C)s1. The molecule has 2 heterocycles. The third-order valence-corrected chi connectivity index (χ3v) is 3.73. The molecule has 1 aliphatic rings. The summed E-state index contributed by atoms with van der Waals surface area (Å²) in [6.45, 7) is 4.82. The van der Waals surface area contributed by atoms with Crippen LogP contribution in [-0.2, 0) is 14.3 Å². The first-order chi connectivity index (χ1) is 10.0. The fraction of sp³-hybridized carbons (Fsp3) is 0.667. The summed E-state index contributed by atoms with van der Waals surface area (Å²) in [5.74, 6) is -0.400. The van der Waals surface area contributed by atoms with Crippen molar-refractivity contribution in [2.75, 3.05) is 31.7 Å². The van der Waals surface area contributed by atoms with Gasteiger partial charge in [-0.3, -0.25) is 4.79 Å². The minimum absolute atomic E-state index is 0.158. The fourth-order valence-corrected chi connectivity index (χ4v) is 2.61. The molecule has 1 aliphatic heterocycles. The molecule has 1 aromatic heterocycles. The van der Waals surface area contributed by atoms with Gasteiger partial charge in [0.15, 0.2) is 0 Å². The molecule has 0 N–H and O–H groups in total. The number of aromatic nitrogens is 2. The predicted molar refractivity (Wildman–Crippen MR) is 76.1 cm³/mol. The van der Waals surface area contributed by atoms with E-state index in [4.69, 9.17) is 9.47 Å². The molecule has 21 heavy (non-hydrogen) atoms. The van der Waals surface area contributed by atoms with E-state index in [1.54, 1.807) is 14.0 Å². The van der Waals surface area contributed by atoms with Gasteiger partial charge in [-0.25, -0.2) is 9.69 Å². The molecular weight excluding hydrogens is 296 g/mol. The van der Waals surface area contributed by atoms with Crippen LogP contribution in [0.15, 0.2) is 0 Å². The van der Waals surface area contributed by atoms with E-state index in [1.807, 2.05) is 6.92 Å². The summed E-state index contributed by atoms with van der Waals surface area (Å²) >= 11 is 1.28. The van der Waals surface area contributed by atoms with Gasteiger partial charge in [-0.2, -0.15) is 0 Å². The first-order valence-electron chi connectivity index (χ1n) is 6.64. The molecule has 1 aromatic rings. The molecule has 0 bridgehead atoms. The number of aryl methyl sites for hydroxylation is 1. The van der Waals surface area contributed by atoms with Crippen molar-refractivity contribution in [3.8, 4) is 0 Å². The molecule has 2 rings (SSSR count). The smallest absolute Gasteiger partial charge is 0.329 e. The number of amides is 2. The highest BCUT2D eigenvalue weighted by Gasteiger charge is 2.40. The molecule has 8 nitrogen and oxygen atoms in total. The van der Waals surface area contributed by atoms with Gasteiger partial charge in [-0.15, -0.1) is 10.2 Å². The molecule has 0 spiro atoms. The lowest BCUT2D eigenvalue weighted by molar-refractivity contribution is -0.149. The molecule has 1 fully saturated rings. The minimum Gasteiger partial charge on any atom is -0.439 e. The number of carbonyl (C=O) groups excluding carboxylic acids is 2. The van der Waals surface area contributed by atoms with Crippen molar-refractivity contribution in [3.05, 3.63) is 5.01 Å². The Morgan fingerprint density at radius 3 is 2.86 bits per heavy atom. The molecule has 0 aliphatic carbocycles. The number of ether oxygens (including phenoxy) is 2. The van der Waals surface area contributed by atoms with Crippen LogP contribution in [0.5, 0.6) is 0 Å². The van der Waals surface area contributed by atoms with E-state index in [2.05, 4.69) is 10.2 Å². The zero-order valence-electron chi connectivity index (χ0n) is 12.2. The van der Waals surface area contributed by atoms with Gasteiger partial charge in [0.1, 0.15) is 5.01 Å². The number of urea groups is 1. The number of anilines is 1. The number of esters is 1. The number of hydrogen-bond acceptors (Lipinski definition) is 7. The lowest BCUT2D eigenvalue weighted by atomic mass is 10.4. The van der Waals surface area contributed by atoms with Crippen molar-refractivity contribution in [3.63, 3.8) is 0 Å². The summed E-state index contributed by atoms with van der Waals surface area (Å²) in [4.78, 5) is 26.8. The first kappa shape index (κ1) is 15.6. The van der Waals surface area contributed by atoms with Crippen LogP contribution < -0.4 is 4.90 Å². The van der Waals surface area contributed by atoms with Gasteiger partial charge in [0.05, 0.1) is 19.6 Å². The Bertz CT molecular complexity index is 521. The van der Waals surface area contributed by atoms with E-state index < -0.39 is 12.2 Å². The van der Waals surface area contributed by atoms with Crippen LogP contribution in [0.3, 0.4) is 0 Å². The van der Waals surface area contributed by atoms with E-state index in [9.17, 15) is 9.59 Å². The molecular formula is C12H18N4O4S. The molecule has 0 radical (unpaired) electrons. The average molecular weight is 314 g/mol. The Morgan fingerprint density at radius 1 is 1.48 bits per heavy atom. The van der Waals surface area contributed by atoms with Crippen molar-refractivity contribution in [1.82, 2.24) is 15.1 Å². The number of likely N-dealkylation sites (N-methyl/N-ethyl adjacent to an activating group) is 1. The average Bonchev–Trinajstić information content (AvgIpc) is 2.95. The van der Waals surface area contributed by atoms with E-state index in [1.165, 1.54) is 21.1 Å². The molecule has 1 unspecified atom stereocenters. The summed E-state index contributed by atoms with van der Waals surface area (Å²) in [5.41, 5.74) is 0. The Kier molecular flexibility index (Phi) is 5.07. The Balaban J connectivity index is 2.03. The lowest BCUT2D eigenvalue weighted by Gasteiger charge is -2.19. The summed E-state index contributed by atoms with van der Waals surface area (Å²) in [5, 5.41) is 9.02. The predicted octanol–water partition coefficient (Wildman–Crippen LogP) is 1.01. The van der Waals surface area contributed by atoms with Crippen molar-refractivity contribution >= 4 is 28.5 Å². The fourth-order valence-electron chi connectivity index (χ4n) is 1.89. The van der Waals surface area contributed by atoms with Gasteiger partial charge < -0.3 is 14.4 Å². The quantitative estimate of drug-likeness (QED) is 0.575. The molecule has 0 aromatic carbocycles. The number of nitrogens with zero attached hydrogens (tertiary/aromatic N) is 4. The van der Waals surface area contributed by atoms with E-state index in [0.717, 1.165) is 5.01 Å². The van der Waals surface area contributed by atoms with Gasteiger partial charge in [0.2, 0.25) is 11.4 Å². The van der Waals surface area contributed by atoms with Gasteiger partial charge in [0.25, 0.3) is 0 Å². The molecule has 0 saturated carbocycles. The maximum absolute atomic E-state index is 12.1. The highest BCUT2D eigenvalue weighted by molar-refractivity contribution is 7.15. The van der Waals surface area contributed by atoms with Crippen LogP contribution in [0.4, 0.5) is 9.93 Å². The molecule has 1 atom stereocenters. The molecule has 116 valence electrons. The van der Waals surface area contributed by atoms with Crippen LogP contribution in [0.25, 0.3) is 0 Å². The van der Waals surface area contributed by atoms with Crippen LogP contribution in [-0.4, -0.2) is 60.1 Å². The third kappa shape index (κ3) is 3.67. The lowest BCUT2D eigenvalue weighted by Crippen LogP contribution is -2.37. The monoisotopic (exact) mass is 314 g/mol. The van der Waals surface area contributed by atoms with Crippen molar-refractivity contribution in [2.45, 2.75) is 26.5 Å². The topological polar surface area (TPSA) is 84.9 Å². The second-order valence-electron chi connectivity index (χ2n) is 4.53. The molecule has 1 saturated heterocycles. The highest BCUT2D eigenvalue weighted by Crippen LogP contribution is 2.27. The maximum atomic E-state index is 12.1. The van der Waals surface area contributed by atoms with Gasteiger partial charge >= 0.3 is 12.0 Å². The summed E-state index contributed by atoms with van der Waals surface area (Å²) in [6.07, 6.45) is -0.519. The van der Waals surface area contributed by atoms with E-state index in [-0.39, 0.29) is 12.5 Å². The zero-order chi connectivity index (χ0) is 15.4. The number of carbonyl (C=O) groups is 2. The third-order valence-electron chi connectivity index (χ3n) is 2.89. The molecule has 9 heteroatoms. The second-order valence-corrected chi connectivity index (χ2v) is 5.69. The van der Waals surface area contributed by atoms with Crippen LogP contribution in [0.2, 0.25) is 0 Å². The standard InChI is InChI=1S/C12H18N4O4S/c1-4-19-6-5-10(17)20-9-7-15(3)12(18)16(9)11-14-13-8(2)21-11/h9H,4-7H2,1-3H3. The Labute approximate surface area is 126 Å². The summed E-state index contributed by atoms with van der Waals surface area (Å²) < 4.78 is 10.5. The van der Waals surface area contributed by atoms with Crippen molar-refractivity contribution < 1.29 is 19.1 Å². The first-order valence-corrected chi connectivity index (χ1v) is 7.46. The van der Waals surface area contributed by atoms with E-state index >= 15 is 0 Å². The maximum Gasteiger partial charge on any atom is 0.329 e. The normalized spacial score (nSPS) is 18.4. The molecule has 2 amide bonds. The Hall–Kier alpha value is -1.74. The second kappa shape index (κ2) is 6.81. The Morgan fingerprint density at radius 2 is 2.24 bits per heavy atom. The number of rotatable bonds is 6. The van der Waals surface area contributed by atoms with Gasteiger partial charge in [0, 0.05) is 13.7 Å². The van der Waals surface area contributed by atoms with Crippen LogP contribution in [0.1, 0.15) is 18.4 Å². The highest BCUT2D eigenvalue weighted by atomic mass is 32.1. The summed E-state index contributed by atoms with van der Waals surface area (Å²) in [6, 6.07) is -0.256. The van der Waals surface area contributed by atoms with Gasteiger partial charge in [-0.05, 0) is 13.8 Å². The largest absolute Gasteiger partial charge is 0.439 e. The minimum atomic E-state index is -0.677. The van der Waals surface area contributed by atoms with Crippen LogP contribution >= 0.6 is 11.3 Å². The van der Waals surface area contributed by atoms with Gasteiger partial charge in [-0.1, -0.05) is 11.3 Å². The van der Waals surface area contributed by atoms with Crippen LogP contribution in [0, 0.1) is 6.92 Å². The van der Waals surface area contributed by atoms with Crippen molar-refractivity contribution in [1.29, 1.82) is 0 Å². The zero-order valence-corrected chi connectivity index (χ0v) is 13.1. The van der Waals surface area contributed by atoms with Crippen molar-refractivity contribution in [2.24, 2.45) is 0 Å². The summed E-state index contributed by atoms with van der Waals surface area (Å²) in [7, 11) is 1.65. The van der Waals surface area contributed by atoms with E-state index in [0.29, 0.717) is 24.9 Å². The number of hydrogen-bond donors (Lipinski definition) is 0.